The van der Waals surface area contributed by atoms with Crippen molar-refractivity contribution in [2.45, 2.75) is 0 Å². The molecule has 206 valence electrons. The lowest BCUT2D eigenvalue weighted by molar-refractivity contribution is 0.621. The van der Waals surface area contributed by atoms with Crippen LogP contribution in [0.25, 0.3) is 83.6 Å². The Morgan fingerprint density at radius 1 is 0.455 bits per heavy atom. The molecule has 9 aromatic rings. The first kappa shape index (κ1) is 24.5. The second kappa shape index (κ2) is 9.75. The third kappa shape index (κ3) is 3.83. The molecule has 0 radical (unpaired) electrons. The van der Waals surface area contributed by atoms with Gasteiger partial charge in [-0.25, -0.2) is 15.0 Å². The van der Waals surface area contributed by atoms with Crippen LogP contribution < -0.4 is 0 Å². The number of aromatic nitrogens is 4. The smallest absolute Gasteiger partial charge is 0.235 e. The van der Waals surface area contributed by atoms with Crippen molar-refractivity contribution in [1.82, 2.24) is 19.5 Å². The first-order valence-corrected chi connectivity index (χ1v) is 14.6. The van der Waals surface area contributed by atoms with E-state index in [2.05, 4.69) is 71.3 Å². The predicted molar refractivity (Wildman–Crippen MR) is 178 cm³/mol. The maximum Gasteiger partial charge on any atom is 0.235 e. The van der Waals surface area contributed by atoms with Crippen LogP contribution in [0.5, 0.6) is 0 Å². The van der Waals surface area contributed by atoms with Crippen molar-refractivity contribution in [3.63, 3.8) is 0 Å². The SMILES string of the molecule is c1ccc(-c2ccc3c(c2)c2ccc4nc(-c5ccccc5)oc4c2n3-c2nc(-c3ccccc3)c3ccccc3n2)cc1. The van der Waals surface area contributed by atoms with Gasteiger partial charge in [-0.3, -0.25) is 4.57 Å². The minimum Gasteiger partial charge on any atom is -0.434 e. The Morgan fingerprint density at radius 2 is 1.14 bits per heavy atom. The van der Waals surface area contributed by atoms with Gasteiger partial charge in [-0.05, 0) is 53.6 Å². The van der Waals surface area contributed by atoms with E-state index in [9.17, 15) is 0 Å². The number of fused-ring (bicyclic) bond motifs is 6. The van der Waals surface area contributed by atoms with E-state index in [-0.39, 0.29) is 0 Å². The Labute approximate surface area is 252 Å². The molecule has 0 saturated heterocycles. The molecule has 3 heterocycles. The van der Waals surface area contributed by atoms with Crippen LogP contribution in [0, 0.1) is 0 Å². The van der Waals surface area contributed by atoms with Crippen molar-refractivity contribution in [2.24, 2.45) is 0 Å². The van der Waals surface area contributed by atoms with Crippen molar-refractivity contribution in [2.75, 3.05) is 0 Å². The second-order valence-electron chi connectivity index (χ2n) is 10.9. The molecule has 5 nitrogen and oxygen atoms in total. The van der Waals surface area contributed by atoms with Crippen LogP contribution >= 0.6 is 0 Å². The highest BCUT2D eigenvalue weighted by Gasteiger charge is 2.22. The van der Waals surface area contributed by atoms with Gasteiger partial charge >= 0.3 is 0 Å². The van der Waals surface area contributed by atoms with Gasteiger partial charge in [0.05, 0.1) is 16.7 Å². The highest BCUT2D eigenvalue weighted by Crippen LogP contribution is 2.40. The molecule has 0 saturated carbocycles. The Morgan fingerprint density at radius 3 is 1.91 bits per heavy atom. The normalized spacial score (nSPS) is 11.6. The second-order valence-corrected chi connectivity index (χ2v) is 10.9. The standard InChI is InChI=1S/C39H24N4O/c1-4-12-25(13-5-1)28-20-23-34-31(24-28)29-21-22-33-37(44-38(40-33)27-16-8-3-9-17-27)36(29)43(34)39-41-32-19-11-10-18-30(32)35(42-39)26-14-6-2-7-15-26/h1-24H. The number of hydrogen-bond donors (Lipinski definition) is 0. The van der Waals surface area contributed by atoms with Crippen molar-refractivity contribution in [3.8, 4) is 39.8 Å². The molecule has 0 N–H and O–H groups in total. The molecule has 9 rings (SSSR count). The van der Waals surface area contributed by atoms with Gasteiger partial charge in [0.25, 0.3) is 0 Å². The summed E-state index contributed by atoms with van der Waals surface area (Å²) in [5.41, 5.74) is 9.42. The minimum atomic E-state index is 0.583. The van der Waals surface area contributed by atoms with Crippen LogP contribution in [0.1, 0.15) is 0 Å². The monoisotopic (exact) mass is 564 g/mol. The number of nitrogens with zero attached hydrogens (tertiary/aromatic N) is 4. The van der Waals surface area contributed by atoms with Crippen LogP contribution in [0.3, 0.4) is 0 Å². The largest absolute Gasteiger partial charge is 0.434 e. The number of hydrogen-bond acceptors (Lipinski definition) is 4. The molecule has 5 heteroatoms. The van der Waals surface area contributed by atoms with Gasteiger partial charge in [0, 0.05) is 27.3 Å². The Bertz CT molecular complexity index is 2440. The molecule has 0 bridgehead atoms. The molecule has 6 aromatic carbocycles. The summed E-state index contributed by atoms with van der Waals surface area (Å²) in [4.78, 5) is 15.3. The molecule has 0 aliphatic rings. The fourth-order valence-corrected chi connectivity index (χ4v) is 6.19. The lowest BCUT2D eigenvalue weighted by atomic mass is 10.0. The summed E-state index contributed by atoms with van der Waals surface area (Å²) < 4.78 is 8.73. The fourth-order valence-electron chi connectivity index (χ4n) is 6.19. The summed E-state index contributed by atoms with van der Waals surface area (Å²) >= 11 is 0. The number of rotatable bonds is 4. The highest BCUT2D eigenvalue weighted by molar-refractivity contribution is 6.17. The van der Waals surface area contributed by atoms with Gasteiger partial charge in [-0.15, -0.1) is 0 Å². The van der Waals surface area contributed by atoms with E-state index in [0.29, 0.717) is 17.4 Å². The van der Waals surface area contributed by atoms with Gasteiger partial charge in [-0.2, -0.15) is 0 Å². The molecular formula is C39H24N4O. The first-order valence-electron chi connectivity index (χ1n) is 14.6. The average Bonchev–Trinajstić information content (AvgIpc) is 3.68. The van der Waals surface area contributed by atoms with Crippen LogP contribution in [0.4, 0.5) is 0 Å². The lowest BCUT2D eigenvalue weighted by Crippen LogP contribution is -2.03. The van der Waals surface area contributed by atoms with E-state index in [1.54, 1.807) is 0 Å². The van der Waals surface area contributed by atoms with Crippen LogP contribution in [0.15, 0.2) is 150 Å². The number of para-hydroxylation sites is 1. The van der Waals surface area contributed by atoms with Crippen LogP contribution in [-0.2, 0) is 0 Å². The molecule has 44 heavy (non-hydrogen) atoms. The molecule has 3 aromatic heterocycles. The Hall–Kier alpha value is -6.07. The van der Waals surface area contributed by atoms with E-state index in [0.717, 1.165) is 66.2 Å². The molecule has 0 spiro atoms. The van der Waals surface area contributed by atoms with Gasteiger partial charge in [0.1, 0.15) is 11.0 Å². The summed E-state index contributed by atoms with van der Waals surface area (Å²) in [5, 5.41) is 3.16. The zero-order valence-corrected chi connectivity index (χ0v) is 23.6. The third-order valence-corrected chi connectivity index (χ3v) is 8.25. The zero-order chi connectivity index (χ0) is 29.0. The van der Waals surface area contributed by atoms with Crippen molar-refractivity contribution < 1.29 is 4.42 Å². The van der Waals surface area contributed by atoms with E-state index in [1.807, 2.05) is 78.9 Å². The molecule has 0 atom stereocenters. The summed E-state index contributed by atoms with van der Waals surface area (Å²) in [6.45, 7) is 0. The van der Waals surface area contributed by atoms with Gasteiger partial charge in [0.2, 0.25) is 11.8 Å². The summed E-state index contributed by atoms with van der Waals surface area (Å²) in [5.74, 6) is 1.17. The maximum atomic E-state index is 6.59. The zero-order valence-electron chi connectivity index (χ0n) is 23.6. The lowest BCUT2D eigenvalue weighted by Gasteiger charge is -2.12. The van der Waals surface area contributed by atoms with Crippen molar-refractivity contribution >= 4 is 43.8 Å². The highest BCUT2D eigenvalue weighted by atomic mass is 16.3. The summed E-state index contributed by atoms with van der Waals surface area (Å²) in [6.07, 6.45) is 0. The van der Waals surface area contributed by atoms with E-state index >= 15 is 0 Å². The topological polar surface area (TPSA) is 56.7 Å². The maximum absolute atomic E-state index is 6.59. The molecule has 0 unspecified atom stereocenters. The van der Waals surface area contributed by atoms with Gasteiger partial charge in [-0.1, -0.05) is 103 Å². The van der Waals surface area contributed by atoms with Crippen LogP contribution in [0.2, 0.25) is 0 Å². The van der Waals surface area contributed by atoms with E-state index in [4.69, 9.17) is 19.4 Å². The molecular weight excluding hydrogens is 540 g/mol. The average molecular weight is 565 g/mol. The molecule has 0 aliphatic heterocycles. The van der Waals surface area contributed by atoms with Crippen LogP contribution in [-0.4, -0.2) is 19.5 Å². The van der Waals surface area contributed by atoms with Gasteiger partial charge < -0.3 is 4.42 Å². The van der Waals surface area contributed by atoms with Crippen molar-refractivity contribution in [3.05, 3.63) is 146 Å². The number of oxazole rings is 1. The van der Waals surface area contributed by atoms with Gasteiger partial charge in [0.15, 0.2) is 5.58 Å². The summed E-state index contributed by atoms with van der Waals surface area (Å²) in [7, 11) is 0. The molecule has 0 amide bonds. The first-order chi connectivity index (χ1) is 21.8. The quantitative estimate of drug-likeness (QED) is 0.213. The van der Waals surface area contributed by atoms with E-state index < -0.39 is 0 Å². The molecule has 0 fully saturated rings. The summed E-state index contributed by atoms with van der Waals surface area (Å²) in [6, 6.07) is 49.7. The van der Waals surface area contributed by atoms with E-state index in [1.165, 1.54) is 0 Å². The third-order valence-electron chi connectivity index (χ3n) is 8.25. The number of benzene rings is 6. The Balaban J connectivity index is 1.40. The molecule has 0 aliphatic carbocycles. The minimum absolute atomic E-state index is 0.583. The van der Waals surface area contributed by atoms with Crippen molar-refractivity contribution in [1.29, 1.82) is 0 Å². The fraction of sp³-hybridized carbons (Fsp3) is 0. The Kier molecular flexibility index (Phi) is 5.43. The predicted octanol–water partition coefficient (Wildman–Crippen LogP) is 9.87.